The lowest BCUT2D eigenvalue weighted by Crippen LogP contribution is -2.42. The van der Waals surface area contributed by atoms with Gasteiger partial charge in [0.2, 0.25) is 0 Å². The van der Waals surface area contributed by atoms with E-state index in [1.807, 2.05) is 18.2 Å². The molecule has 0 bridgehead atoms. The van der Waals surface area contributed by atoms with Gasteiger partial charge in [-0.2, -0.15) is 0 Å². The first kappa shape index (κ1) is 13.1. The topological polar surface area (TPSA) is 12.0 Å². The highest BCUT2D eigenvalue weighted by molar-refractivity contribution is 7.84. The van der Waals surface area contributed by atoms with Gasteiger partial charge in [-0.05, 0) is 5.56 Å². The predicted molar refractivity (Wildman–Crippen MR) is 79.4 cm³/mol. The molecule has 0 aliphatic carbocycles. The van der Waals surface area contributed by atoms with Crippen molar-refractivity contribution in [2.45, 2.75) is 19.6 Å². The fourth-order valence-corrected chi connectivity index (χ4v) is 1.89. The molecule has 0 spiro atoms. The van der Waals surface area contributed by atoms with Crippen molar-refractivity contribution in [2.24, 2.45) is 0 Å². The zero-order chi connectivity index (χ0) is 12.0. The maximum Gasteiger partial charge on any atom is 0.112 e. The molecule has 0 fully saturated rings. The largest absolute Gasteiger partial charge is 0.380 e. The van der Waals surface area contributed by atoms with Crippen LogP contribution in [0.5, 0.6) is 0 Å². The molecule has 0 saturated heterocycles. The summed E-state index contributed by atoms with van der Waals surface area (Å²) < 4.78 is 1.05. The molecule has 0 aromatic heterocycles. The summed E-state index contributed by atoms with van der Waals surface area (Å²) in [7, 11) is -1.30. The maximum atomic E-state index is 5.34. The molecule has 1 aromatic rings. The molecule has 0 heterocycles. The van der Waals surface area contributed by atoms with E-state index < -0.39 is 8.07 Å². The zero-order valence-electron chi connectivity index (χ0n) is 10.2. The van der Waals surface area contributed by atoms with Crippen molar-refractivity contribution >= 4 is 31.0 Å². The number of hydrogen-bond acceptors (Lipinski definition) is 1. The van der Waals surface area contributed by atoms with Crippen LogP contribution in [0.3, 0.4) is 0 Å². The predicted octanol–water partition coefficient (Wildman–Crippen LogP) is 3.49. The van der Waals surface area contributed by atoms with Crippen LogP contribution in [0.15, 0.2) is 36.4 Å². The van der Waals surface area contributed by atoms with Gasteiger partial charge < -0.3 is 5.32 Å². The molecule has 0 aliphatic rings. The molecule has 86 valence electrons. The molecule has 1 N–H and O–H groups in total. The Balaban J connectivity index is 2.37. The van der Waals surface area contributed by atoms with Crippen molar-refractivity contribution in [3.8, 4) is 0 Å². The summed E-state index contributed by atoms with van der Waals surface area (Å²) in [6.45, 7) is 7.58. The summed E-state index contributed by atoms with van der Waals surface area (Å²) in [5, 5.41) is 3.30. The Bertz CT molecular complexity index is 365. The Morgan fingerprint density at radius 2 is 1.88 bits per heavy atom. The van der Waals surface area contributed by atoms with Gasteiger partial charge in [-0.15, -0.1) is 0 Å². The van der Waals surface area contributed by atoms with E-state index in [4.69, 9.17) is 12.2 Å². The van der Waals surface area contributed by atoms with E-state index in [0.29, 0.717) is 0 Å². The minimum absolute atomic E-state index is 0.817. The van der Waals surface area contributed by atoms with Gasteiger partial charge in [-0.25, -0.2) is 0 Å². The number of hydrogen-bond donors (Lipinski definition) is 1. The monoisotopic (exact) mass is 249 g/mol. The van der Waals surface area contributed by atoms with Crippen LogP contribution in [0.1, 0.15) is 5.56 Å². The van der Waals surface area contributed by atoms with Crippen LogP contribution in [0.2, 0.25) is 19.6 Å². The van der Waals surface area contributed by atoms with Crippen molar-refractivity contribution in [3.63, 3.8) is 0 Å². The van der Waals surface area contributed by atoms with E-state index in [2.05, 4.69) is 49.2 Å². The van der Waals surface area contributed by atoms with Crippen LogP contribution in [0.25, 0.3) is 6.08 Å². The van der Waals surface area contributed by atoms with Crippen molar-refractivity contribution in [1.82, 2.24) is 5.32 Å². The molecule has 0 radical (unpaired) electrons. The Morgan fingerprint density at radius 1 is 1.25 bits per heavy atom. The number of thiocarbonyl (C=S) groups is 1. The molecule has 0 unspecified atom stereocenters. The van der Waals surface area contributed by atoms with Crippen LogP contribution in [-0.4, -0.2) is 19.2 Å². The fraction of sp³-hybridized carbons (Fsp3) is 0.308. The Kier molecular flexibility index (Phi) is 4.90. The van der Waals surface area contributed by atoms with Gasteiger partial charge in [0.15, 0.2) is 0 Å². The quantitative estimate of drug-likeness (QED) is 0.647. The second kappa shape index (κ2) is 5.96. The van der Waals surface area contributed by atoms with Gasteiger partial charge in [0.1, 0.15) is 8.07 Å². The molecule has 0 amide bonds. The van der Waals surface area contributed by atoms with Crippen LogP contribution in [-0.2, 0) is 0 Å². The normalized spacial score (nSPS) is 11.7. The molecule has 0 aliphatic heterocycles. The third-order valence-electron chi connectivity index (χ3n) is 2.17. The lowest BCUT2D eigenvalue weighted by atomic mass is 10.2. The van der Waals surface area contributed by atoms with Gasteiger partial charge in [0.25, 0.3) is 0 Å². The molecule has 1 aromatic carbocycles. The summed E-state index contributed by atoms with van der Waals surface area (Å²) in [4.78, 5) is 0. The average Bonchev–Trinajstić information content (AvgIpc) is 2.24. The highest BCUT2D eigenvalue weighted by Crippen LogP contribution is 2.02. The third kappa shape index (κ3) is 4.73. The first-order chi connectivity index (χ1) is 7.50. The average molecular weight is 249 g/mol. The van der Waals surface area contributed by atoms with E-state index in [1.165, 1.54) is 5.56 Å². The zero-order valence-corrected chi connectivity index (χ0v) is 12.0. The molecular weight excluding hydrogens is 230 g/mol. The summed E-state index contributed by atoms with van der Waals surface area (Å²) >= 11 is 5.34. The van der Waals surface area contributed by atoms with Gasteiger partial charge in [0.05, 0.1) is 4.61 Å². The van der Waals surface area contributed by atoms with Crippen molar-refractivity contribution in [1.29, 1.82) is 0 Å². The first-order valence-electron chi connectivity index (χ1n) is 5.50. The summed E-state index contributed by atoms with van der Waals surface area (Å²) in [6, 6.07) is 10.3. The molecule has 0 atom stereocenters. The Labute approximate surface area is 105 Å². The number of rotatable bonds is 4. The summed E-state index contributed by atoms with van der Waals surface area (Å²) in [5.74, 6) is 0. The molecular formula is C13H19NSSi. The second-order valence-electron chi connectivity index (χ2n) is 4.77. The van der Waals surface area contributed by atoms with Gasteiger partial charge in [0, 0.05) is 6.54 Å². The minimum Gasteiger partial charge on any atom is -0.380 e. The lowest BCUT2D eigenvalue weighted by molar-refractivity contribution is 1.08. The molecule has 1 rings (SSSR count). The third-order valence-corrected chi connectivity index (χ3v) is 5.69. The molecule has 1 nitrogen and oxygen atoms in total. The van der Waals surface area contributed by atoms with Crippen LogP contribution in [0, 0.1) is 0 Å². The van der Waals surface area contributed by atoms with E-state index in [0.717, 1.165) is 11.2 Å². The van der Waals surface area contributed by atoms with E-state index >= 15 is 0 Å². The minimum atomic E-state index is -1.30. The van der Waals surface area contributed by atoms with Crippen LogP contribution in [0.4, 0.5) is 0 Å². The van der Waals surface area contributed by atoms with Gasteiger partial charge in [-0.3, -0.25) is 0 Å². The molecule has 3 heteroatoms. The smallest absolute Gasteiger partial charge is 0.112 e. The summed E-state index contributed by atoms with van der Waals surface area (Å²) in [5.41, 5.74) is 1.23. The highest BCUT2D eigenvalue weighted by atomic mass is 32.1. The van der Waals surface area contributed by atoms with E-state index in [9.17, 15) is 0 Å². The van der Waals surface area contributed by atoms with E-state index in [-0.39, 0.29) is 0 Å². The highest BCUT2D eigenvalue weighted by Gasteiger charge is 2.18. The Hall–Kier alpha value is -0.933. The standard InChI is InChI=1S/C13H19NSSi/c1-16(2,3)13(15)14-11-7-10-12-8-5-4-6-9-12/h4-10H,11H2,1-3H3,(H,14,15)/b10-7+. The Morgan fingerprint density at radius 3 is 2.44 bits per heavy atom. The number of nitrogens with one attached hydrogen (secondary N) is 1. The summed E-state index contributed by atoms with van der Waals surface area (Å²) in [6.07, 6.45) is 4.22. The fourth-order valence-electron chi connectivity index (χ4n) is 1.18. The van der Waals surface area contributed by atoms with Crippen LogP contribution < -0.4 is 5.32 Å². The maximum absolute atomic E-state index is 5.34. The van der Waals surface area contributed by atoms with Crippen molar-refractivity contribution in [2.75, 3.05) is 6.54 Å². The van der Waals surface area contributed by atoms with Crippen LogP contribution >= 0.6 is 12.2 Å². The van der Waals surface area contributed by atoms with Gasteiger partial charge >= 0.3 is 0 Å². The molecule has 0 saturated carbocycles. The SMILES string of the molecule is C[Si](C)(C)C(=S)NC/C=C/c1ccccc1. The van der Waals surface area contributed by atoms with E-state index in [1.54, 1.807) is 0 Å². The lowest BCUT2D eigenvalue weighted by Gasteiger charge is -2.18. The molecule has 16 heavy (non-hydrogen) atoms. The van der Waals surface area contributed by atoms with Crippen molar-refractivity contribution in [3.05, 3.63) is 42.0 Å². The second-order valence-corrected chi connectivity index (χ2v) is 10.5. The number of benzene rings is 1. The van der Waals surface area contributed by atoms with Gasteiger partial charge in [-0.1, -0.05) is 74.3 Å². The first-order valence-corrected chi connectivity index (χ1v) is 9.41. The van der Waals surface area contributed by atoms with Crippen molar-refractivity contribution < 1.29 is 0 Å².